The zero-order valence-corrected chi connectivity index (χ0v) is 7.09. The van der Waals surface area contributed by atoms with E-state index in [-0.39, 0.29) is 0 Å². The van der Waals surface area contributed by atoms with E-state index in [1.54, 1.807) is 0 Å². The van der Waals surface area contributed by atoms with Crippen LogP contribution in [0.25, 0.3) is 0 Å². The van der Waals surface area contributed by atoms with Crippen LogP contribution in [0.5, 0.6) is 0 Å². The second-order valence-corrected chi connectivity index (χ2v) is 0.741. The van der Waals surface area contributed by atoms with Gasteiger partial charge in [0.25, 0.3) is 0 Å². The van der Waals surface area contributed by atoms with Crippen molar-refractivity contribution in [1.82, 2.24) is 0 Å². The van der Waals surface area contributed by atoms with E-state index in [0.717, 1.165) is 0 Å². The van der Waals surface area contributed by atoms with Gasteiger partial charge in [0.2, 0.25) is 0 Å². The normalized spacial score (nSPS) is 3.17. The van der Waals surface area contributed by atoms with Gasteiger partial charge in [-0.2, -0.15) is 0 Å². The van der Waals surface area contributed by atoms with Gasteiger partial charge in [0.05, 0.1) is 7.44 Å². The Labute approximate surface area is 47.2 Å². The van der Waals surface area contributed by atoms with E-state index in [9.17, 15) is 0 Å². The summed E-state index contributed by atoms with van der Waals surface area (Å²) in [5, 5.41) is 7.35. The molecule has 0 aliphatic heterocycles. The summed E-state index contributed by atoms with van der Waals surface area (Å²) in [4.78, 5) is 1.46. The SMILES string of the molecule is B[SiH3].N#[C][Al]=[O]. The summed E-state index contributed by atoms with van der Waals surface area (Å²) in [7, 11) is 3.44. The first-order valence-corrected chi connectivity index (χ1v) is 4.80. The molecular weight excluding hydrogens is 108 g/mol. The van der Waals surface area contributed by atoms with Crippen molar-refractivity contribution in [2.75, 3.05) is 0 Å². The molecule has 0 saturated heterocycles. The van der Waals surface area contributed by atoms with Gasteiger partial charge in [0, 0.05) is 0 Å². The van der Waals surface area contributed by atoms with E-state index in [1.807, 2.05) is 0 Å². The molecular formula is CH5AlBNOSi. The van der Waals surface area contributed by atoms with Gasteiger partial charge < -0.3 is 0 Å². The fraction of sp³-hybridized carbons (Fsp3) is 0. The van der Waals surface area contributed by atoms with Crippen molar-refractivity contribution >= 4 is 32.7 Å². The Hall–Kier alpha value is 0.104. The van der Waals surface area contributed by atoms with Gasteiger partial charge in [-0.25, -0.2) is 0 Å². The molecule has 0 spiro atoms. The van der Waals surface area contributed by atoms with Crippen LogP contribution in [0.2, 0.25) is 0 Å². The molecule has 0 aliphatic rings. The predicted molar refractivity (Wildman–Crippen MR) is 30.5 cm³/mol. The number of hydrogen-bond donors (Lipinski definition) is 0. The Morgan fingerprint density at radius 3 is 2.00 bits per heavy atom. The van der Waals surface area contributed by atoms with Gasteiger partial charge in [-0.1, -0.05) is 0 Å². The molecule has 0 saturated carbocycles. The zero-order chi connectivity index (χ0) is 5.41. The first-order valence-electron chi connectivity index (χ1n) is 1.75. The molecule has 0 fully saturated rings. The molecule has 0 aromatic heterocycles. The molecule has 5 heteroatoms. The topological polar surface area (TPSA) is 40.9 Å². The summed E-state index contributed by atoms with van der Waals surface area (Å²) in [6.45, 7) is 0. The maximum atomic E-state index is 9.02. The molecule has 0 amide bonds. The summed E-state index contributed by atoms with van der Waals surface area (Å²) < 4.78 is 9.02. The monoisotopic (exact) mass is 113 g/mol. The van der Waals surface area contributed by atoms with Gasteiger partial charge in [-0.3, -0.25) is 0 Å². The Morgan fingerprint density at radius 1 is 1.83 bits per heavy atom. The fourth-order valence-corrected chi connectivity index (χ4v) is 0. The molecule has 6 heavy (non-hydrogen) atoms. The van der Waals surface area contributed by atoms with E-state index >= 15 is 0 Å². The fourth-order valence-electron chi connectivity index (χ4n) is 0. The molecule has 0 rings (SSSR count). The van der Waals surface area contributed by atoms with E-state index in [1.165, 1.54) is 15.0 Å². The number of hydrogen-bond acceptors (Lipinski definition) is 2. The van der Waals surface area contributed by atoms with Crippen LogP contribution in [0.4, 0.5) is 0 Å². The zero-order valence-electron chi connectivity index (χ0n) is 3.93. The van der Waals surface area contributed by atoms with Crippen LogP contribution in [0.15, 0.2) is 0 Å². The second kappa shape index (κ2) is 19.4. The van der Waals surface area contributed by atoms with Gasteiger partial charge in [0.15, 0.2) is 0 Å². The third-order valence-electron chi connectivity index (χ3n) is 0.0527. The summed E-state index contributed by atoms with van der Waals surface area (Å²) in [5.74, 6) is 0. The Balaban J connectivity index is 0. The molecule has 0 N–H and O–H groups in total. The van der Waals surface area contributed by atoms with Crippen LogP contribution in [-0.2, 0) is 3.80 Å². The van der Waals surface area contributed by atoms with Crippen LogP contribution in [0.3, 0.4) is 0 Å². The van der Waals surface area contributed by atoms with Gasteiger partial charge in [-0.15, -0.1) is 0 Å². The van der Waals surface area contributed by atoms with E-state index in [4.69, 9.17) is 9.07 Å². The van der Waals surface area contributed by atoms with Gasteiger partial charge in [0.1, 0.15) is 0 Å². The van der Waals surface area contributed by atoms with E-state index in [0.29, 0.717) is 0 Å². The Morgan fingerprint density at radius 2 is 2.00 bits per heavy atom. The molecule has 0 atom stereocenters. The maximum absolute atomic E-state index is 9.02. The molecule has 0 heterocycles. The number of nitriles is 1. The number of rotatable bonds is 0. The Bertz CT molecular complexity index is 61.1. The van der Waals surface area contributed by atoms with Crippen LogP contribution in [0.1, 0.15) is 0 Å². The van der Waals surface area contributed by atoms with Crippen molar-refractivity contribution in [1.29, 1.82) is 5.26 Å². The van der Waals surface area contributed by atoms with Crippen molar-refractivity contribution in [3.05, 3.63) is 0 Å². The van der Waals surface area contributed by atoms with Crippen LogP contribution >= 0.6 is 0 Å². The Kier molecular flexibility index (Phi) is 30.6. The summed E-state index contributed by atoms with van der Waals surface area (Å²) in [6.07, 6.45) is 0. The third-order valence-corrected chi connectivity index (χ3v) is 0.158. The summed E-state index contributed by atoms with van der Waals surface area (Å²) in [5.41, 5.74) is 0. The third kappa shape index (κ3) is 32.4. The standard InChI is InChI=1S/CN.Al.BH5Si.O/c1-2;;1-2;/h;;1H2,2H3;. The molecule has 2 nitrogen and oxygen atoms in total. The van der Waals surface area contributed by atoms with E-state index in [2.05, 4.69) is 7.44 Å². The van der Waals surface area contributed by atoms with Crippen molar-refractivity contribution < 1.29 is 3.80 Å². The molecule has 0 aliphatic carbocycles. The summed E-state index contributed by atoms with van der Waals surface area (Å²) in [6, 6.07) is 0. The predicted octanol–water partition coefficient (Wildman–Crippen LogP) is -2.58. The second-order valence-electron chi connectivity index (χ2n) is 0.247. The first kappa shape index (κ1) is 9.44. The number of nitrogens with zero attached hydrogens (tertiary/aromatic N) is 1. The minimum atomic E-state index is -1.16. The molecule has 0 bridgehead atoms. The van der Waals surface area contributed by atoms with Crippen molar-refractivity contribution in [2.24, 2.45) is 0 Å². The molecule has 0 aromatic carbocycles. The average molecular weight is 113 g/mol. The van der Waals surface area contributed by atoms with Gasteiger partial charge in [-0.05, 0) is 10.1 Å². The minimum absolute atomic E-state index is 1.16. The molecule has 0 unspecified atom stereocenters. The quantitative estimate of drug-likeness (QED) is 0.323. The van der Waals surface area contributed by atoms with Crippen LogP contribution in [0, 0.1) is 10.2 Å². The van der Waals surface area contributed by atoms with Crippen molar-refractivity contribution in [2.45, 2.75) is 0 Å². The van der Waals surface area contributed by atoms with Gasteiger partial charge >= 0.3 is 29.2 Å². The van der Waals surface area contributed by atoms with Crippen molar-refractivity contribution in [3.8, 4) is 4.93 Å². The average Bonchev–Trinajstić information content (AvgIpc) is 1.72. The molecule has 0 radical (unpaired) electrons. The van der Waals surface area contributed by atoms with Crippen molar-refractivity contribution in [3.63, 3.8) is 0 Å². The van der Waals surface area contributed by atoms with Crippen LogP contribution < -0.4 is 0 Å². The summed E-state index contributed by atoms with van der Waals surface area (Å²) >= 11 is -1.16. The molecule has 0 aromatic rings. The van der Waals surface area contributed by atoms with Crippen LogP contribution in [-0.4, -0.2) is 32.7 Å². The molecule has 30 valence electrons. The van der Waals surface area contributed by atoms with E-state index < -0.39 is 15.2 Å². The first-order chi connectivity index (χ1) is 2.91.